The van der Waals surface area contributed by atoms with Gasteiger partial charge < -0.3 is 20.3 Å². The molecule has 1 aromatic rings. The summed E-state index contributed by atoms with van der Waals surface area (Å²) in [5.41, 5.74) is 1.77. The second-order valence-corrected chi connectivity index (χ2v) is 4.79. The van der Waals surface area contributed by atoms with Gasteiger partial charge in [0.05, 0.1) is 19.6 Å². The average molecular weight is 281 g/mol. The zero-order valence-electron chi connectivity index (χ0n) is 12.2. The number of methoxy groups -OCH3 is 1. The van der Waals surface area contributed by atoms with Crippen LogP contribution < -0.4 is 10.1 Å². The standard InChI is InChI=1S/C15H23NO4/c1-4-12(16-8-7-14(17)18)15(19)11-5-6-13(20-3)10(2)9-11/h5-6,9,12,15-16,19H,4,7-8H2,1-3H3,(H,17,18). The van der Waals surface area contributed by atoms with Gasteiger partial charge in [-0.05, 0) is 36.6 Å². The molecule has 0 spiro atoms. The molecule has 0 radical (unpaired) electrons. The average Bonchev–Trinajstić information content (AvgIpc) is 2.42. The maximum atomic E-state index is 10.5. The Bertz CT molecular complexity index is 447. The van der Waals surface area contributed by atoms with Crippen LogP contribution in [-0.2, 0) is 4.79 Å². The monoisotopic (exact) mass is 281 g/mol. The minimum atomic E-state index is -0.845. The van der Waals surface area contributed by atoms with E-state index in [-0.39, 0.29) is 12.5 Å². The van der Waals surface area contributed by atoms with E-state index in [1.54, 1.807) is 7.11 Å². The van der Waals surface area contributed by atoms with Gasteiger partial charge in [-0.25, -0.2) is 0 Å². The summed E-state index contributed by atoms with van der Waals surface area (Å²) in [7, 11) is 1.61. The van der Waals surface area contributed by atoms with Crippen molar-refractivity contribution in [1.82, 2.24) is 5.32 Å². The van der Waals surface area contributed by atoms with E-state index in [4.69, 9.17) is 9.84 Å². The molecule has 0 saturated heterocycles. The Morgan fingerprint density at radius 2 is 2.15 bits per heavy atom. The molecule has 0 heterocycles. The molecule has 112 valence electrons. The molecule has 20 heavy (non-hydrogen) atoms. The number of aliphatic carboxylic acids is 1. The highest BCUT2D eigenvalue weighted by Crippen LogP contribution is 2.25. The Morgan fingerprint density at radius 3 is 2.65 bits per heavy atom. The van der Waals surface area contributed by atoms with Gasteiger partial charge >= 0.3 is 5.97 Å². The highest BCUT2D eigenvalue weighted by molar-refractivity contribution is 5.66. The zero-order chi connectivity index (χ0) is 15.1. The molecule has 0 amide bonds. The van der Waals surface area contributed by atoms with Gasteiger partial charge in [0, 0.05) is 12.6 Å². The molecule has 5 heteroatoms. The molecule has 0 aliphatic heterocycles. The Hall–Kier alpha value is -1.59. The fourth-order valence-corrected chi connectivity index (χ4v) is 2.16. The summed E-state index contributed by atoms with van der Waals surface area (Å²) in [4.78, 5) is 10.5. The number of nitrogens with one attached hydrogen (secondary N) is 1. The lowest BCUT2D eigenvalue weighted by molar-refractivity contribution is -0.136. The lowest BCUT2D eigenvalue weighted by Gasteiger charge is -2.23. The molecule has 3 N–H and O–H groups in total. The molecule has 0 fully saturated rings. The normalized spacial score (nSPS) is 13.8. The number of carbonyl (C=O) groups is 1. The molecule has 0 aromatic heterocycles. The van der Waals surface area contributed by atoms with E-state index < -0.39 is 12.1 Å². The van der Waals surface area contributed by atoms with Gasteiger partial charge in [-0.1, -0.05) is 13.0 Å². The molecule has 1 aromatic carbocycles. The van der Waals surface area contributed by atoms with Gasteiger partial charge in [0.1, 0.15) is 5.75 Å². The predicted molar refractivity (Wildman–Crippen MR) is 77.0 cm³/mol. The van der Waals surface area contributed by atoms with Gasteiger partial charge in [0.2, 0.25) is 0 Å². The Balaban J connectivity index is 2.72. The molecule has 1 rings (SSSR count). The quantitative estimate of drug-likeness (QED) is 0.678. The van der Waals surface area contributed by atoms with E-state index in [9.17, 15) is 9.90 Å². The van der Waals surface area contributed by atoms with Crippen LogP contribution in [0.2, 0.25) is 0 Å². The molecule has 2 unspecified atom stereocenters. The van der Waals surface area contributed by atoms with E-state index in [0.29, 0.717) is 13.0 Å². The largest absolute Gasteiger partial charge is 0.496 e. The third-order valence-corrected chi connectivity index (χ3v) is 3.33. The maximum Gasteiger partial charge on any atom is 0.304 e. The lowest BCUT2D eigenvalue weighted by Crippen LogP contribution is -2.35. The number of aryl methyl sites for hydroxylation is 1. The van der Waals surface area contributed by atoms with Crippen LogP contribution in [0.5, 0.6) is 5.75 Å². The first-order valence-electron chi connectivity index (χ1n) is 6.77. The predicted octanol–water partition coefficient (Wildman–Crippen LogP) is 1.88. The van der Waals surface area contributed by atoms with Crippen LogP contribution in [0.15, 0.2) is 18.2 Å². The highest BCUT2D eigenvalue weighted by atomic mass is 16.5. The van der Waals surface area contributed by atoms with Crippen molar-refractivity contribution < 1.29 is 19.7 Å². The van der Waals surface area contributed by atoms with E-state index >= 15 is 0 Å². The first kappa shape index (κ1) is 16.5. The smallest absolute Gasteiger partial charge is 0.304 e. The third-order valence-electron chi connectivity index (χ3n) is 3.33. The summed E-state index contributed by atoms with van der Waals surface area (Å²) in [5.74, 6) is -0.0602. The Kier molecular flexibility index (Phi) is 6.48. The SMILES string of the molecule is CCC(NCCC(=O)O)C(O)c1ccc(OC)c(C)c1. The Labute approximate surface area is 119 Å². The molecule has 5 nitrogen and oxygen atoms in total. The van der Waals surface area contributed by atoms with Gasteiger partial charge in [0.25, 0.3) is 0 Å². The molecule has 2 atom stereocenters. The summed E-state index contributed by atoms with van der Waals surface area (Å²) >= 11 is 0. The summed E-state index contributed by atoms with van der Waals surface area (Å²) in [6.45, 7) is 4.23. The zero-order valence-corrected chi connectivity index (χ0v) is 12.2. The molecular weight excluding hydrogens is 258 g/mol. The second-order valence-electron chi connectivity index (χ2n) is 4.79. The number of hydrogen-bond donors (Lipinski definition) is 3. The van der Waals surface area contributed by atoms with Gasteiger partial charge in [-0.3, -0.25) is 4.79 Å². The molecule has 0 aliphatic carbocycles. The molecule has 0 aliphatic rings. The molecule has 0 bridgehead atoms. The van der Waals surface area contributed by atoms with E-state index in [1.807, 2.05) is 32.0 Å². The number of benzene rings is 1. The summed E-state index contributed by atoms with van der Waals surface area (Å²) in [5, 5.41) is 22.1. The van der Waals surface area contributed by atoms with Crippen LogP contribution >= 0.6 is 0 Å². The van der Waals surface area contributed by atoms with Crippen molar-refractivity contribution in [3.63, 3.8) is 0 Å². The fraction of sp³-hybridized carbons (Fsp3) is 0.533. The van der Waals surface area contributed by atoms with Gasteiger partial charge in [-0.2, -0.15) is 0 Å². The van der Waals surface area contributed by atoms with Crippen LogP contribution in [0.3, 0.4) is 0 Å². The third kappa shape index (κ3) is 4.51. The fourth-order valence-electron chi connectivity index (χ4n) is 2.16. The van der Waals surface area contributed by atoms with Crippen LogP contribution in [-0.4, -0.2) is 35.9 Å². The van der Waals surface area contributed by atoms with Crippen LogP contribution in [0.4, 0.5) is 0 Å². The van der Waals surface area contributed by atoms with Crippen molar-refractivity contribution >= 4 is 5.97 Å². The van der Waals surface area contributed by atoms with Crippen molar-refractivity contribution in [2.45, 2.75) is 38.8 Å². The number of rotatable bonds is 8. The number of carboxylic acids is 1. The summed E-state index contributed by atoms with van der Waals surface area (Å²) in [6, 6.07) is 5.39. The molecular formula is C15H23NO4. The lowest BCUT2D eigenvalue weighted by atomic mass is 9.98. The van der Waals surface area contributed by atoms with Crippen LogP contribution in [0.25, 0.3) is 0 Å². The number of aliphatic hydroxyl groups excluding tert-OH is 1. The van der Waals surface area contributed by atoms with E-state index in [2.05, 4.69) is 5.32 Å². The highest BCUT2D eigenvalue weighted by Gasteiger charge is 2.19. The number of carboxylic acid groups (broad SMARTS) is 1. The minimum absolute atomic E-state index is 0.0465. The second kappa shape index (κ2) is 7.87. The first-order chi connectivity index (χ1) is 9.49. The van der Waals surface area contributed by atoms with Crippen molar-refractivity contribution in [2.24, 2.45) is 0 Å². The minimum Gasteiger partial charge on any atom is -0.496 e. The maximum absolute atomic E-state index is 10.5. The van der Waals surface area contributed by atoms with Gasteiger partial charge in [-0.15, -0.1) is 0 Å². The first-order valence-corrected chi connectivity index (χ1v) is 6.77. The van der Waals surface area contributed by atoms with Crippen molar-refractivity contribution in [1.29, 1.82) is 0 Å². The number of aliphatic hydroxyl groups is 1. The van der Waals surface area contributed by atoms with E-state index in [1.165, 1.54) is 0 Å². The van der Waals surface area contributed by atoms with E-state index in [0.717, 1.165) is 16.9 Å². The number of hydrogen-bond acceptors (Lipinski definition) is 4. The topological polar surface area (TPSA) is 78.8 Å². The number of ether oxygens (including phenoxy) is 1. The van der Waals surface area contributed by atoms with Crippen molar-refractivity contribution in [3.05, 3.63) is 29.3 Å². The Morgan fingerprint density at radius 1 is 1.45 bits per heavy atom. The van der Waals surface area contributed by atoms with Crippen LogP contribution in [0.1, 0.15) is 37.0 Å². The summed E-state index contributed by atoms with van der Waals surface area (Å²) < 4.78 is 5.20. The van der Waals surface area contributed by atoms with Crippen molar-refractivity contribution in [2.75, 3.05) is 13.7 Å². The van der Waals surface area contributed by atoms with Gasteiger partial charge in [0.15, 0.2) is 0 Å². The van der Waals surface area contributed by atoms with Crippen molar-refractivity contribution in [3.8, 4) is 5.75 Å². The summed E-state index contributed by atoms with van der Waals surface area (Å²) in [6.07, 6.45) is 0.0925. The molecule has 0 saturated carbocycles. The van der Waals surface area contributed by atoms with Crippen LogP contribution in [0, 0.1) is 6.92 Å².